The second kappa shape index (κ2) is 10.5. The highest BCUT2D eigenvalue weighted by atomic mass is 35.5. The molecule has 2 heterocycles. The molecule has 0 bridgehead atoms. The number of halogens is 2. The first-order valence-electron chi connectivity index (χ1n) is 11.9. The summed E-state index contributed by atoms with van der Waals surface area (Å²) >= 11 is 6.01. The lowest BCUT2D eigenvalue weighted by Gasteiger charge is -2.22. The number of hydrogen-bond donors (Lipinski definition) is 2. The molecule has 0 atom stereocenters. The van der Waals surface area contributed by atoms with Gasteiger partial charge in [-0.3, -0.25) is 4.72 Å². The molecule has 5 rings (SSSR count). The summed E-state index contributed by atoms with van der Waals surface area (Å²) in [5.41, 5.74) is 1.72. The van der Waals surface area contributed by atoms with Gasteiger partial charge < -0.3 is 10.1 Å². The van der Waals surface area contributed by atoms with Crippen LogP contribution < -0.4 is 14.8 Å². The molecule has 1 saturated carbocycles. The Hall–Kier alpha value is -3.50. The van der Waals surface area contributed by atoms with Crippen molar-refractivity contribution < 1.29 is 17.5 Å². The molecular weight excluding hydrogens is 517 g/mol. The Morgan fingerprint density at radius 1 is 1.05 bits per heavy atom. The Morgan fingerprint density at radius 3 is 2.59 bits per heavy atom. The highest BCUT2D eigenvalue weighted by Gasteiger charge is 2.22. The van der Waals surface area contributed by atoms with Crippen molar-refractivity contribution in [1.82, 2.24) is 15.0 Å². The minimum Gasteiger partial charge on any atom is -0.480 e. The van der Waals surface area contributed by atoms with Crippen LogP contribution in [-0.2, 0) is 10.0 Å². The van der Waals surface area contributed by atoms with E-state index >= 15 is 4.39 Å². The SMILES string of the molecule is COc1nc(NS(=O)(=O)c2ccccc2Cl)c(F)cc1-c1ccc2nc(NC3CCCCC3)ncc2c1. The molecule has 0 radical (unpaired) electrons. The molecular formula is C26H25ClFN5O3S. The summed E-state index contributed by atoms with van der Waals surface area (Å²) in [5.74, 6) is -0.723. The molecule has 1 aliphatic rings. The third-order valence-electron chi connectivity index (χ3n) is 6.32. The van der Waals surface area contributed by atoms with Gasteiger partial charge in [-0.05, 0) is 48.7 Å². The Morgan fingerprint density at radius 2 is 1.84 bits per heavy atom. The molecule has 37 heavy (non-hydrogen) atoms. The summed E-state index contributed by atoms with van der Waals surface area (Å²) in [6, 6.07) is 12.9. The van der Waals surface area contributed by atoms with Crippen molar-refractivity contribution in [3.63, 3.8) is 0 Å². The summed E-state index contributed by atoms with van der Waals surface area (Å²) in [6.45, 7) is 0. The van der Waals surface area contributed by atoms with Gasteiger partial charge in [0, 0.05) is 23.2 Å². The van der Waals surface area contributed by atoms with Crippen LogP contribution in [0.15, 0.2) is 59.6 Å². The van der Waals surface area contributed by atoms with Crippen LogP contribution >= 0.6 is 11.6 Å². The molecule has 0 amide bonds. The van der Waals surface area contributed by atoms with Crippen molar-refractivity contribution in [2.24, 2.45) is 0 Å². The van der Waals surface area contributed by atoms with E-state index in [0.29, 0.717) is 23.1 Å². The van der Waals surface area contributed by atoms with Gasteiger partial charge in [-0.15, -0.1) is 0 Å². The van der Waals surface area contributed by atoms with E-state index in [1.165, 1.54) is 50.6 Å². The molecule has 192 valence electrons. The summed E-state index contributed by atoms with van der Waals surface area (Å²) in [7, 11) is -2.80. The number of pyridine rings is 1. The number of ether oxygens (including phenoxy) is 1. The third-order valence-corrected chi connectivity index (χ3v) is 8.16. The van der Waals surface area contributed by atoms with Crippen LogP contribution in [0.2, 0.25) is 5.02 Å². The Kier molecular flexibility index (Phi) is 7.12. The van der Waals surface area contributed by atoms with Crippen molar-refractivity contribution in [2.75, 3.05) is 17.1 Å². The summed E-state index contributed by atoms with van der Waals surface area (Å²) in [6.07, 6.45) is 7.64. The number of sulfonamides is 1. The maximum absolute atomic E-state index is 15.1. The highest BCUT2D eigenvalue weighted by Crippen LogP contribution is 2.34. The normalized spacial score (nSPS) is 14.5. The van der Waals surface area contributed by atoms with Gasteiger partial charge in [0.1, 0.15) is 4.90 Å². The molecule has 2 aromatic heterocycles. The number of fused-ring (bicyclic) bond motifs is 1. The van der Waals surface area contributed by atoms with Crippen molar-refractivity contribution in [3.05, 3.63) is 65.6 Å². The second-order valence-corrected chi connectivity index (χ2v) is 10.9. The molecule has 2 aromatic carbocycles. The number of benzene rings is 2. The fraction of sp³-hybridized carbons (Fsp3) is 0.269. The first-order chi connectivity index (χ1) is 17.8. The van der Waals surface area contributed by atoms with Gasteiger partial charge in [0.15, 0.2) is 11.6 Å². The number of nitrogens with zero attached hydrogens (tertiary/aromatic N) is 3. The second-order valence-electron chi connectivity index (χ2n) is 8.86. The lowest BCUT2D eigenvalue weighted by Crippen LogP contribution is -2.23. The van der Waals surface area contributed by atoms with E-state index in [0.717, 1.165) is 23.7 Å². The number of aromatic nitrogens is 3. The number of rotatable bonds is 7. The average molecular weight is 542 g/mol. The lowest BCUT2D eigenvalue weighted by atomic mass is 9.96. The third kappa shape index (κ3) is 5.45. The van der Waals surface area contributed by atoms with Gasteiger partial charge in [0.2, 0.25) is 11.8 Å². The minimum atomic E-state index is -4.18. The Balaban J connectivity index is 1.43. The van der Waals surface area contributed by atoms with E-state index in [2.05, 4.69) is 25.0 Å². The molecule has 0 saturated heterocycles. The quantitative estimate of drug-likeness (QED) is 0.294. The largest absolute Gasteiger partial charge is 0.480 e. The minimum absolute atomic E-state index is 0.00877. The van der Waals surface area contributed by atoms with Crippen LogP contribution in [0.1, 0.15) is 32.1 Å². The Labute approximate surface area is 219 Å². The van der Waals surface area contributed by atoms with Gasteiger partial charge in [-0.25, -0.2) is 22.8 Å². The van der Waals surface area contributed by atoms with Crippen molar-refractivity contribution >= 4 is 44.3 Å². The smallest absolute Gasteiger partial charge is 0.264 e. The van der Waals surface area contributed by atoms with Crippen LogP contribution in [-0.4, -0.2) is 36.5 Å². The zero-order chi connectivity index (χ0) is 26.0. The summed E-state index contributed by atoms with van der Waals surface area (Å²) in [5, 5.41) is 4.19. The van der Waals surface area contributed by atoms with Gasteiger partial charge in [0.25, 0.3) is 10.0 Å². The number of methoxy groups -OCH3 is 1. The van der Waals surface area contributed by atoms with E-state index in [1.54, 1.807) is 18.3 Å². The summed E-state index contributed by atoms with van der Waals surface area (Å²) < 4.78 is 48.1. The first kappa shape index (κ1) is 25.2. The predicted octanol–water partition coefficient (Wildman–Crippen LogP) is 6.04. The topological polar surface area (TPSA) is 106 Å². The van der Waals surface area contributed by atoms with Crippen molar-refractivity contribution in [3.8, 4) is 17.0 Å². The van der Waals surface area contributed by atoms with E-state index in [1.807, 2.05) is 12.1 Å². The molecule has 0 spiro atoms. The van der Waals surface area contributed by atoms with E-state index < -0.39 is 21.7 Å². The van der Waals surface area contributed by atoms with E-state index in [4.69, 9.17) is 16.3 Å². The highest BCUT2D eigenvalue weighted by molar-refractivity contribution is 7.92. The molecule has 11 heteroatoms. The molecule has 0 unspecified atom stereocenters. The van der Waals surface area contributed by atoms with Gasteiger partial charge >= 0.3 is 0 Å². The van der Waals surface area contributed by atoms with Crippen LogP contribution in [0.4, 0.5) is 16.2 Å². The average Bonchev–Trinajstić information content (AvgIpc) is 2.90. The van der Waals surface area contributed by atoms with Crippen molar-refractivity contribution in [1.29, 1.82) is 0 Å². The molecule has 4 aromatic rings. The molecule has 1 aliphatic carbocycles. The molecule has 0 aliphatic heterocycles. The van der Waals surface area contributed by atoms with Crippen LogP contribution in [0.3, 0.4) is 0 Å². The molecule has 8 nitrogen and oxygen atoms in total. The van der Waals surface area contributed by atoms with Crippen LogP contribution in [0, 0.1) is 5.82 Å². The van der Waals surface area contributed by atoms with Gasteiger partial charge in [-0.1, -0.05) is 49.1 Å². The van der Waals surface area contributed by atoms with Crippen LogP contribution in [0.25, 0.3) is 22.0 Å². The van der Waals surface area contributed by atoms with Gasteiger partial charge in [0.05, 0.1) is 17.6 Å². The fourth-order valence-corrected chi connectivity index (χ4v) is 5.98. The monoisotopic (exact) mass is 541 g/mol. The number of nitrogens with one attached hydrogen (secondary N) is 2. The zero-order valence-electron chi connectivity index (χ0n) is 20.0. The van der Waals surface area contributed by atoms with Gasteiger partial charge in [-0.2, -0.15) is 4.98 Å². The van der Waals surface area contributed by atoms with E-state index in [-0.39, 0.29) is 15.8 Å². The number of hydrogen-bond acceptors (Lipinski definition) is 7. The standard InChI is InChI=1S/C26H25ClFN5O3S/c1-36-25-19(14-21(28)24(32-25)33-37(34,35)23-10-6-5-9-20(23)27)16-11-12-22-17(13-16)15-29-26(31-22)30-18-7-3-2-4-8-18/h5-6,9-15,18H,2-4,7-8H2,1H3,(H,32,33)(H,29,30,31). The number of anilines is 2. The molecule has 2 N–H and O–H groups in total. The fourth-order valence-electron chi connectivity index (χ4n) is 4.45. The molecule has 1 fully saturated rings. The Bertz CT molecular complexity index is 1560. The maximum atomic E-state index is 15.1. The lowest BCUT2D eigenvalue weighted by molar-refractivity contribution is 0.398. The first-order valence-corrected chi connectivity index (χ1v) is 13.8. The zero-order valence-corrected chi connectivity index (χ0v) is 21.6. The van der Waals surface area contributed by atoms with E-state index in [9.17, 15) is 8.42 Å². The maximum Gasteiger partial charge on any atom is 0.264 e. The summed E-state index contributed by atoms with van der Waals surface area (Å²) in [4.78, 5) is 13.0. The van der Waals surface area contributed by atoms with Crippen LogP contribution in [0.5, 0.6) is 5.88 Å². The predicted molar refractivity (Wildman–Crippen MR) is 142 cm³/mol. The van der Waals surface area contributed by atoms with Crippen molar-refractivity contribution in [2.45, 2.75) is 43.0 Å².